The van der Waals surface area contributed by atoms with E-state index >= 15 is 0 Å². The van der Waals surface area contributed by atoms with Crippen molar-refractivity contribution in [1.29, 1.82) is 0 Å². The van der Waals surface area contributed by atoms with E-state index in [0.717, 1.165) is 25.9 Å². The van der Waals surface area contributed by atoms with Crippen molar-refractivity contribution in [3.8, 4) is 0 Å². The Hall–Kier alpha value is -1.96. The minimum absolute atomic E-state index is 0.0806. The van der Waals surface area contributed by atoms with Crippen LogP contribution in [-0.2, 0) is 19.0 Å². The number of nitrogens with one attached hydrogen (secondary N) is 1. The van der Waals surface area contributed by atoms with Crippen molar-refractivity contribution in [3.05, 3.63) is 29.8 Å². The summed E-state index contributed by atoms with van der Waals surface area (Å²) in [5.74, 6) is -0.196. The van der Waals surface area contributed by atoms with Gasteiger partial charge in [-0.2, -0.15) is 0 Å². The highest BCUT2D eigenvalue weighted by molar-refractivity contribution is 6.01. The van der Waals surface area contributed by atoms with Crippen LogP contribution in [0.15, 0.2) is 24.3 Å². The monoisotopic (exact) mass is 348 g/mol. The molecular formula is C18H24N2O5. The number of piperidine rings is 1. The molecule has 0 saturated carbocycles. The Morgan fingerprint density at radius 2 is 1.88 bits per heavy atom. The van der Waals surface area contributed by atoms with Crippen LogP contribution in [0.5, 0.6) is 0 Å². The molecule has 0 atom stereocenters. The third-order valence-electron chi connectivity index (χ3n) is 4.64. The normalized spacial score (nSPS) is 19.7. The molecule has 2 heterocycles. The largest absolute Gasteiger partial charge is 0.465 e. The second kappa shape index (κ2) is 8.42. The predicted molar refractivity (Wildman–Crippen MR) is 91.3 cm³/mol. The van der Waals surface area contributed by atoms with Gasteiger partial charge in [0.2, 0.25) is 5.91 Å². The van der Waals surface area contributed by atoms with Crippen LogP contribution < -0.4 is 5.32 Å². The van der Waals surface area contributed by atoms with Crippen molar-refractivity contribution < 1.29 is 23.8 Å². The van der Waals surface area contributed by atoms with Crippen LogP contribution >= 0.6 is 0 Å². The Morgan fingerprint density at radius 1 is 1.20 bits per heavy atom. The van der Waals surface area contributed by atoms with Crippen LogP contribution in [0.3, 0.4) is 0 Å². The van der Waals surface area contributed by atoms with Crippen LogP contribution in [0.1, 0.15) is 23.2 Å². The molecule has 7 heteroatoms. The molecule has 1 aromatic rings. The van der Waals surface area contributed by atoms with E-state index in [-0.39, 0.29) is 12.2 Å². The average molecular weight is 348 g/mol. The highest BCUT2D eigenvalue weighted by Gasteiger charge is 2.30. The molecule has 0 radical (unpaired) electrons. The number of amides is 1. The summed E-state index contributed by atoms with van der Waals surface area (Å²) in [4.78, 5) is 26.2. The summed E-state index contributed by atoms with van der Waals surface area (Å²) in [6, 6.07) is 6.84. The van der Waals surface area contributed by atoms with Gasteiger partial charge in [0.15, 0.2) is 6.29 Å². The molecule has 0 bridgehead atoms. The van der Waals surface area contributed by atoms with Crippen LogP contribution in [0.4, 0.5) is 5.69 Å². The number of nitrogens with zero attached hydrogens (tertiary/aromatic N) is 1. The Kier molecular flexibility index (Phi) is 6.01. The van der Waals surface area contributed by atoms with Gasteiger partial charge in [-0.25, -0.2) is 4.79 Å². The fourth-order valence-corrected chi connectivity index (χ4v) is 3.30. The molecule has 0 unspecified atom stereocenters. The summed E-state index contributed by atoms with van der Waals surface area (Å²) in [6.07, 6.45) is 1.83. The molecule has 2 fully saturated rings. The molecule has 2 aliphatic rings. The third-order valence-corrected chi connectivity index (χ3v) is 4.64. The number of hydrogen-bond donors (Lipinski definition) is 1. The maximum Gasteiger partial charge on any atom is 0.339 e. The molecule has 1 aromatic carbocycles. The minimum Gasteiger partial charge on any atom is -0.465 e. The van der Waals surface area contributed by atoms with Gasteiger partial charge in [-0.3, -0.25) is 9.69 Å². The first-order chi connectivity index (χ1) is 12.2. The maximum absolute atomic E-state index is 12.3. The van der Waals surface area contributed by atoms with Crippen molar-refractivity contribution in [2.24, 2.45) is 5.92 Å². The van der Waals surface area contributed by atoms with Crippen LogP contribution in [0, 0.1) is 5.92 Å². The van der Waals surface area contributed by atoms with E-state index in [1.807, 2.05) is 0 Å². The first-order valence-corrected chi connectivity index (χ1v) is 8.60. The number of likely N-dealkylation sites (tertiary alicyclic amines) is 1. The summed E-state index contributed by atoms with van der Waals surface area (Å²) in [7, 11) is 1.32. The van der Waals surface area contributed by atoms with Crippen LogP contribution in [-0.4, -0.2) is 63.0 Å². The van der Waals surface area contributed by atoms with Crippen LogP contribution in [0.25, 0.3) is 0 Å². The molecule has 2 aliphatic heterocycles. The lowest BCUT2D eigenvalue weighted by atomic mass is 9.96. The Balaban J connectivity index is 1.50. The maximum atomic E-state index is 12.3. The summed E-state index contributed by atoms with van der Waals surface area (Å²) >= 11 is 0. The lowest BCUT2D eigenvalue weighted by Crippen LogP contribution is -2.41. The smallest absolute Gasteiger partial charge is 0.339 e. The van der Waals surface area contributed by atoms with E-state index in [9.17, 15) is 9.59 Å². The number of para-hydroxylation sites is 1. The van der Waals surface area contributed by atoms with Crippen LogP contribution in [0.2, 0.25) is 0 Å². The summed E-state index contributed by atoms with van der Waals surface area (Å²) in [5, 5.41) is 2.81. The molecule has 0 spiro atoms. The molecule has 2 saturated heterocycles. The van der Waals surface area contributed by atoms with E-state index < -0.39 is 5.97 Å². The fraction of sp³-hybridized carbons (Fsp3) is 0.556. The van der Waals surface area contributed by atoms with Gasteiger partial charge in [-0.05, 0) is 38.1 Å². The van der Waals surface area contributed by atoms with Gasteiger partial charge < -0.3 is 19.5 Å². The zero-order chi connectivity index (χ0) is 17.6. The van der Waals surface area contributed by atoms with Crippen molar-refractivity contribution in [2.75, 3.05) is 45.3 Å². The standard InChI is InChI=1S/C18H24N2O5/c1-23-17(22)14-4-2-3-5-15(14)19-16(21)12-20-8-6-13(7-9-20)18-24-10-11-25-18/h2-5,13,18H,6-12H2,1H3,(H,19,21). The van der Waals surface area contributed by atoms with Crippen molar-refractivity contribution >= 4 is 17.6 Å². The quantitative estimate of drug-likeness (QED) is 0.813. The lowest BCUT2D eigenvalue weighted by molar-refractivity contribution is -0.119. The Bertz CT molecular complexity index is 607. The predicted octanol–water partition coefficient (Wildman–Crippen LogP) is 1.50. The average Bonchev–Trinajstić information content (AvgIpc) is 3.17. The van der Waals surface area contributed by atoms with Crippen molar-refractivity contribution in [1.82, 2.24) is 4.90 Å². The molecule has 7 nitrogen and oxygen atoms in total. The highest BCUT2D eigenvalue weighted by atomic mass is 16.7. The van der Waals surface area contributed by atoms with E-state index in [1.54, 1.807) is 24.3 Å². The number of anilines is 1. The molecule has 1 amide bonds. The number of carbonyl (C=O) groups is 2. The Morgan fingerprint density at radius 3 is 2.56 bits per heavy atom. The van der Waals surface area contributed by atoms with E-state index in [4.69, 9.17) is 14.2 Å². The first-order valence-electron chi connectivity index (χ1n) is 8.60. The molecule has 1 N–H and O–H groups in total. The number of methoxy groups -OCH3 is 1. The zero-order valence-electron chi connectivity index (χ0n) is 14.4. The Labute approximate surface area is 147 Å². The van der Waals surface area contributed by atoms with E-state index in [1.165, 1.54) is 7.11 Å². The first kappa shape index (κ1) is 17.8. The van der Waals surface area contributed by atoms with E-state index in [2.05, 4.69) is 10.2 Å². The molecule has 25 heavy (non-hydrogen) atoms. The van der Waals surface area contributed by atoms with Gasteiger partial charge in [0.25, 0.3) is 0 Å². The fourth-order valence-electron chi connectivity index (χ4n) is 3.30. The molecular weight excluding hydrogens is 324 g/mol. The van der Waals surface area contributed by atoms with E-state index in [0.29, 0.717) is 36.9 Å². The molecule has 0 aromatic heterocycles. The van der Waals surface area contributed by atoms with Gasteiger partial charge in [0.05, 0.1) is 38.1 Å². The second-order valence-corrected chi connectivity index (χ2v) is 6.31. The lowest BCUT2D eigenvalue weighted by Gasteiger charge is -2.33. The highest BCUT2D eigenvalue weighted by Crippen LogP contribution is 2.25. The van der Waals surface area contributed by atoms with Gasteiger partial charge >= 0.3 is 5.97 Å². The van der Waals surface area contributed by atoms with Gasteiger partial charge in [-0.1, -0.05) is 12.1 Å². The zero-order valence-corrected chi connectivity index (χ0v) is 14.4. The SMILES string of the molecule is COC(=O)c1ccccc1NC(=O)CN1CCC(C2OCCO2)CC1. The van der Waals surface area contributed by atoms with Gasteiger partial charge in [0, 0.05) is 5.92 Å². The number of benzene rings is 1. The molecule has 0 aliphatic carbocycles. The summed E-state index contributed by atoms with van der Waals surface area (Å²) < 4.78 is 15.9. The van der Waals surface area contributed by atoms with Gasteiger partial charge in [0.1, 0.15) is 0 Å². The molecule has 136 valence electrons. The topological polar surface area (TPSA) is 77.1 Å². The number of rotatable bonds is 5. The number of esters is 1. The summed E-state index contributed by atoms with van der Waals surface area (Å²) in [6.45, 7) is 3.31. The minimum atomic E-state index is -0.465. The third kappa shape index (κ3) is 4.56. The number of ether oxygens (including phenoxy) is 3. The van der Waals surface area contributed by atoms with Crippen molar-refractivity contribution in [2.45, 2.75) is 19.1 Å². The van der Waals surface area contributed by atoms with Gasteiger partial charge in [-0.15, -0.1) is 0 Å². The summed E-state index contributed by atoms with van der Waals surface area (Å²) in [5.41, 5.74) is 0.828. The van der Waals surface area contributed by atoms with Crippen molar-refractivity contribution in [3.63, 3.8) is 0 Å². The number of hydrogen-bond acceptors (Lipinski definition) is 6. The molecule has 3 rings (SSSR count). The number of carbonyl (C=O) groups excluding carboxylic acids is 2. The second-order valence-electron chi connectivity index (χ2n) is 6.31.